The maximum absolute atomic E-state index is 14.2. The van der Waals surface area contributed by atoms with E-state index in [4.69, 9.17) is 9.47 Å². The molecule has 2 unspecified atom stereocenters. The number of aliphatic imine (C=N–C) groups is 1. The molecule has 1 aromatic carbocycles. The van der Waals surface area contributed by atoms with Gasteiger partial charge in [-0.25, -0.2) is 9.38 Å². The van der Waals surface area contributed by atoms with Gasteiger partial charge in [0.25, 0.3) is 17.6 Å². The molecule has 192 valence electrons. The van der Waals surface area contributed by atoms with Gasteiger partial charge in [-0.05, 0) is 37.5 Å². The van der Waals surface area contributed by atoms with Crippen LogP contribution in [-0.4, -0.2) is 84.1 Å². The van der Waals surface area contributed by atoms with E-state index in [0.29, 0.717) is 24.0 Å². The monoisotopic (exact) mass is 500 g/mol. The Hall–Kier alpha value is -3.60. The lowest BCUT2D eigenvalue weighted by molar-refractivity contribution is -0.147. The van der Waals surface area contributed by atoms with E-state index in [1.807, 2.05) is 6.92 Å². The third-order valence-corrected chi connectivity index (χ3v) is 6.57. The third-order valence-electron chi connectivity index (χ3n) is 6.57. The van der Waals surface area contributed by atoms with Crippen LogP contribution in [0.3, 0.4) is 0 Å². The molecular formula is C25H29FN4O6. The lowest BCUT2D eigenvalue weighted by Gasteiger charge is -2.37. The summed E-state index contributed by atoms with van der Waals surface area (Å²) in [5.41, 5.74) is 0.867. The number of carbonyl (C=O) groups excluding carboxylic acids is 4. The summed E-state index contributed by atoms with van der Waals surface area (Å²) in [6, 6.07) is -0.0622. The van der Waals surface area contributed by atoms with Crippen molar-refractivity contribution >= 4 is 29.3 Å². The molecule has 3 aliphatic heterocycles. The number of amides is 3. The summed E-state index contributed by atoms with van der Waals surface area (Å²) in [6.45, 7) is 3.79. The van der Waals surface area contributed by atoms with E-state index in [-0.39, 0.29) is 43.9 Å². The Morgan fingerprint density at radius 1 is 1.19 bits per heavy atom. The summed E-state index contributed by atoms with van der Waals surface area (Å²) in [5.74, 6) is -3.04. The molecule has 0 aromatic heterocycles. The first-order valence-electron chi connectivity index (χ1n) is 11.9. The molecule has 0 aliphatic carbocycles. The third kappa shape index (κ3) is 4.88. The highest BCUT2D eigenvalue weighted by molar-refractivity contribution is 6.46. The fraction of sp³-hybridized carbons (Fsp3) is 0.480. The second-order valence-corrected chi connectivity index (χ2v) is 8.96. The van der Waals surface area contributed by atoms with Crippen LogP contribution in [0.15, 0.2) is 29.3 Å². The summed E-state index contributed by atoms with van der Waals surface area (Å²) in [4.78, 5) is 59.2. The average Bonchev–Trinajstić information content (AvgIpc) is 3.04. The molecule has 0 radical (unpaired) electrons. The predicted octanol–water partition coefficient (Wildman–Crippen LogP) is 0.903. The van der Waals surface area contributed by atoms with Crippen molar-refractivity contribution in [2.45, 2.75) is 51.4 Å². The van der Waals surface area contributed by atoms with Crippen LogP contribution in [0.2, 0.25) is 0 Å². The molecule has 3 amide bonds. The molecular weight excluding hydrogens is 471 g/mol. The molecule has 0 saturated carbocycles. The van der Waals surface area contributed by atoms with E-state index in [9.17, 15) is 23.6 Å². The number of amidine groups is 1. The number of halogens is 1. The standard InChI is InChI=1S/C25H29FN4O6/c1-4-16-12-35-13-18-23-28-21(22(32)25(34)30(16)23)24(33)27-11-15-9-14(2)17(26)10-19(15)36-8-6-5-7-20(31)29(18)3/h5,7,9-10,16,18,21H,4,6,8,11-13H2,1-3H3,(H,27,33)/b7-5-/t16-,18?,21?/m0/s1. The van der Waals surface area contributed by atoms with Crippen molar-refractivity contribution in [2.24, 2.45) is 4.99 Å². The Morgan fingerprint density at radius 2 is 1.97 bits per heavy atom. The number of rotatable bonds is 1. The fourth-order valence-corrected chi connectivity index (χ4v) is 4.39. The molecule has 1 aromatic rings. The van der Waals surface area contributed by atoms with Crippen molar-refractivity contribution < 1.29 is 33.0 Å². The van der Waals surface area contributed by atoms with Crippen molar-refractivity contribution in [1.29, 1.82) is 0 Å². The van der Waals surface area contributed by atoms with Gasteiger partial charge in [0.05, 0.1) is 25.9 Å². The number of aryl methyl sites for hydroxylation is 1. The average molecular weight is 501 g/mol. The Bertz CT molecular complexity index is 1150. The number of likely N-dealkylation sites (N-methyl/N-ethyl adjacent to an activating group) is 1. The van der Waals surface area contributed by atoms with Crippen LogP contribution in [0.25, 0.3) is 0 Å². The Morgan fingerprint density at radius 3 is 2.72 bits per heavy atom. The number of nitrogens with one attached hydrogen (secondary N) is 1. The van der Waals surface area contributed by atoms with Gasteiger partial charge in [0.15, 0.2) is 6.04 Å². The number of benzene rings is 1. The molecule has 2 bridgehead atoms. The topological polar surface area (TPSA) is 118 Å². The van der Waals surface area contributed by atoms with Crippen LogP contribution in [-0.2, 0) is 30.5 Å². The second-order valence-electron chi connectivity index (χ2n) is 8.96. The molecule has 0 spiro atoms. The maximum Gasteiger partial charge on any atom is 0.298 e. The SMILES string of the molecule is CC[C@H]1COCC2C3=NC(C(=O)NCc4cc(C)c(F)cc4OCC/C=C\C(=O)N2C)C(=O)C(=O)N31. The molecule has 1 saturated heterocycles. The number of ether oxygens (including phenoxy) is 2. The zero-order chi connectivity index (χ0) is 26.0. The van der Waals surface area contributed by atoms with E-state index in [0.717, 1.165) is 0 Å². The van der Waals surface area contributed by atoms with Crippen LogP contribution in [0.4, 0.5) is 4.39 Å². The predicted molar refractivity (Wildman–Crippen MR) is 127 cm³/mol. The van der Waals surface area contributed by atoms with Gasteiger partial charge in [-0.15, -0.1) is 0 Å². The number of hydrogen-bond acceptors (Lipinski definition) is 7. The first kappa shape index (κ1) is 25.5. The van der Waals surface area contributed by atoms with Gasteiger partial charge in [-0.2, -0.15) is 0 Å². The highest BCUT2D eigenvalue weighted by Gasteiger charge is 2.47. The minimum absolute atomic E-state index is 0.0546. The van der Waals surface area contributed by atoms with Crippen LogP contribution >= 0.6 is 0 Å². The lowest BCUT2D eigenvalue weighted by atomic mass is 10.0. The lowest BCUT2D eigenvalue weighted by Crippen LogP contribution is -2.61. The molecule has 36 heavy (non-hydrogen) atoms. The first-order valence-corrected chi connectivity index (χ1v) is 11.9. The van der Waals surface area contributed by atoms with Crippen LogP contribution in [0.1, 0.15) is 30.9 Å². The number of Topliss-reactive ketones (excluding diaryl/α,β-unsaturated/α-hetero) is 1. The molecule has 1 fully saturated rings. The minimum Gasteiger partial charge on any atom is -0.493 e. The largest absolute Gasteiger partial charge is 0.493 e. The molecule has 10 nitrogen and oxygen atoms in total. The maximum atomic E-state index is 14.2. The van der Waals surface area contributed by atoms with E-state index in [1.165, 1.54) is 21.9 Å². The number of fused-ring (bicyclic) bond motifs is 2. The normalized spacial score (nSPS) is 26.4. The van der Waals surface area contributed by atoms with Crippen LogP contribution in [0.5, 0.6) is 5.75 Å². The summed E-state index contributed by atoms with van der Waals surface area (Å²) >= 11 is 0. The van der Waals surface area contributed by atoms with Crippen molar-refractivity contribution in [3.05, 3.63) is 41.2 Å². The zero-order valence-corrected chi connectivity index (χ0v) is 20.5. The number of hydrogen-bond donors (Lipinski definition) is 1. The highest BCUT2D eigenvalue weighted by Crippen LogP contribution is 2.25. The Balaban J connectivity index is 1.77. The smallest absolute Gasteiger partial charge is 0.298 e. The van der Waals surface area contributed by atoms with E-state index >= 15 is 0 Å². The van der Waals surface area contributed by atoms with Gasteiger partial charge in [0, 0.05) is 25.2 Å². The van der Waals surface area contributed by atoms with Gasteiger partial charge >= 0.3 is 0 Å². The van der Waals surface area contributed by atoms with E-state index < -0.39 is 41.5 Å². The molecule has 11 heteroatoms. The highest BCUT2D eigenvalue weighted by atomic mass is 19.1. The van der Waals surface area contributed by atoms with Gasteiger partial charge in [-0.1, -0.05) is 13.0 Å². The van der Waals surface area contributed by atoms with Crippen molar-refractivity contribution in [3.8, 4) is 5.75 Å². The summed E-state index contributed by atoms with van der Waals surface area (Å²) in [7, 11) is 1.55. The van der Waals surface area contributed by atoms with Gasteiger partial charge < -0.3 is 19.7 Å². The molecule has 3 atom stereocenters. The number of carbonyl (C=O) groups is 4. The summed E-state index contributed by atoms with van der Waals surface area (Å²) in [5, 5.41) is 2.63. The van der Waals surface area contributed by atoms with Crippen LogP contribution in [0, 0.1) is 12.7 Å². The van der Waals surface area contributed by atoms with E-state index in [1.54, 1.807) is 26.1 Å². The fourth-order valence-electron chi connectivity index (χ4n) is 4.39. The Kier molecular flexibility index (Phi) is 7.48. The number of ketones is 1. The second kappa shape index (κ2) is 10.6. The zero-order valence-electron chi connectivity index (χ0n) is 20.5. The first-order chi connectivity index (χ1) is 17.2. The van der Waals surface area contributed by atoms with Crippen molar-refractivity contribution in [2.75, 3.05) is 26.9 Å². The summed E-state index contributed by atoms with van der Waals surface area (Å²) in [6.07, 6.45) is 3.88. The van der Waals surface area contributed by atoms with Crippen molar-refractivity contribution in [3.63, 3.8) is 0 Å². The van der Waals surface area contributed by atoms with Crippen LogP contribution < -0.4 is 10.1 Å². The molecule has 3 heterocycles. The number of nitrogens with zero attached hydrogens (tertiary/aromatic N) is 3. The summed E-state index contributed by atoms with van der Waals surface area (Å²) < 4.78 is 25.6. The molecule has 4 rings (SSSR count). The van der Waals surface area contributed by atoms with Crippen molar-refractivity contribution in [1.82, 2.24) is 15.1 Å². The van der Waals surface area contributed by atoms with E-state index in [2.05, 4.69) is 10.3 Å². The molecule has 3 aliphatic rings. The van der Waals surface area contributed by atoms with Gasteiger partial charge in [-0.3, -0.25) is 24.1 Å². The minimum atomic E-state index is -1.61. The quantitative estimate of drug-likeness (QED) is 0.452. The molecule has 1 N–H and O–H groups in total. The van der Waals surface area contributed by atoms with Gasteiger partial charge in [0.2, 0.25) is 5.91 Å². The Labute approximate surface area is 208 Å². The van der Waals surface area contributed by atoms with Gasteiger partial charge in [0.1, 0.15) is 23.4 Å².